The van der Waals surface area contributed by atoms with Crippen molar-refractivity contribution in [1.82, 2.24) is 4.90 Å². The van der Waals surface area contributed by atoms with Crippen LogP contribution in [-0.2, 0) is 0 Å². The first kappa shape index (κ1) is 12.2. The van der Waals surface area contributed by atoms with Crippen molar-refractivity contribution in [3.05, 3.63) is 29.8 Å². The van der Waals surface area contributed by atoms with Gasteiger partial charge in [-0.2, -0.15) is 0 Å². The molecule has 1 N–H and O–H groups in total. The lowest BCUT2D eigenvalue weighted by molar-refractivity contribution is 0.0686. The third-order valence-corrected chi connectivity index (χ3v) is 3.83. The summed E-state index contributed by atoms with van der Waals surface area (Å²) in [7, 11) is 0. The van der Waals surface area contributed by atoms with Crippen LogP contribution in [0.3, 0.4) is 0 Å². The minimum Gasteiger partial charge on any atom is -0.508 e. The van der Waals surface area contributed by atoms with E-state index in [9.17, 15) is 9.90 Å². The summed E-state index contributed by atoms with van der Waals surface area (Å²) >= 11 is 6.13. The van der Waals surface area contributed by atoms with Crippen molar-refractivity contribution in [1.29, 1.82) is 0 Å². The quantitative estimate of drug-likeness (QED) is 0.782. The average Bonchev–Trinajstić information content (AvgIpc) is 2.32. The second-order valence-electron chi connectivity index (χ2n) is 4.58. The van der Waals surface area contributed by atoms with E-state index >= 15 is 0 Å². The Morgan fingerprint density at radius 1 is 1.53 bits per heavy atom. The van der Waals surface area contributed by atoms with Crippen molar-refractivity contribution in [2.24, 2.45) is 5.92 Å². The van der Waals surface area contributed by atoms with E-state index in [2.05, 4.69) is 6.92 Å². The molecule has 0 aromatic heterocycles. The lowest BCUT2D eigenvalue weighted by Crippen LogP contribution is -2.43. The zero-order chi connectivity index (χ0) is 12.4. The van der Waals surface area contributed by atoms with E-state index in [4.69, 9.17) is 11.6 Å². The Morgan fingerprint density at radius 3 is 2.94 bits per heavy atom. The van der Waals surface area contributed by atoms with E-state index < -0.39 is 0 Å². The zero-order valence-corrected chi connectivity index (χ0v) is 10.5. The van der Waals surface area contributed by atoms with Crippen LogP contribution >= 0.6 is 11.6 Å². The van der Waals surface area contributed by atoms with Crippen molar-refractivity contribution in [2.45, 2.75) is 18.7 Å². The van der Waals surface area contributed by atoms with Gasteiger partial charge in [0.15, 0.2) is 0 Å². The molecule has 92 valence electrons. The molecule has 2 unspecified atom stereocenters. The molecule has 1 aliphatic rings. The Morgan fingerprint density at radius 2 is 2.29 bits per heavy atom. The molecule has 1 amide bonds. The second-order valence-corrected chi connectivity index (χ2v) is 5.14. The molecule has 0 spiro atoms. The number of likely N-dealkylation sites (tertiary alicyclic amines) is 1. The summed E-state index contributed by atoms with van der Waals surface area (Å²) in [6, 6.07) is 6.46. The Bertz CT molecular complexity index is 422. The number of rotatable bonds is 1. The van der Waals surface area contributed by atoms with Crippen molar-refractivity contribution < 1.29 is 9.90 Å². The van der Waals surface area contributed by atoms with Gasteiger partial charge >= 0.3 is 0 Å². The van der Waals surface area contributed by atoms with Gasteiger partial charge in [0.2, 0.25) is 0 Å². The first-order valence-electron chi connectivity index (χ1n) is 5.80. The van der Waals surface area contributed by atoms with Crippen molar-refractivity contribution in [2.75, 3.05) is 13.1 Å². The summed E-state index contributed by atoms with van der Waals surface area (Å²) in [6.07, 6.45) is 0.827. The summed E-state index contributed by atoms with van der Waals surface area (Å²) in [4.78, 5) is 14.0. The number of phenolic OH excluding ortho intramolecular Hbond substituents is 1. The smallest absolute Gasteiger partial charge is 0.253 e. The molecule has 1 aromatic rings. The molecular formula is C13H16ClNO2. The molecule has 2 rings (SSSR count). The van der Waals surface area contributed by atoms with Crippen molar-refractivity contribution in [3.8, 4) is 5.75 Å². The fourth-order valence-electron chi connectivity index (χ4n) is 2.12. The number of amides is 1. The molecule has 0 aliphatic carbocycles. The van der Waals surface area contributed by atoms with Crippen LogP contribution in [0.25, 0.3) is 0 Å². The first-order chi connectivity index (χ1) is 8.08. The fraction of sp³-hybridized carbons (Fsp3) is 0.462. The molecule has 1 heterocycles. The summed E-state index contributed by atoms with van der Waals surface area (Å²) < 4.78 is 0. The number of carbonyl (C=O) groups is 1. The maximum Gasteiger partial charge on any atom is 0.253 e. The van der Waals surface area contributed by atoms with Gasteiger partial charge in [0.25, 0.3) is 5.91 Å². The first-order valence-corrected chi connectivity index (χ1v) is 6.24. The molecular weight excluding hydrogens is 238 g/mol. The zero-order valence-electron chi connectivity index (χ0n) is 9.77. The summed E-state index contributed by atoms with van der Waals surface area (Å²) in [5.41, 5.74) is 0.533. The number of halogens is 1. The predicted octanol–water partition coefficient (Wildman–Crippen LogP) is 2.48. The van der Waals surface area contributed by atoms with Crippen LogP contribution in [0.1, 0.15) is 23.7 Å². The van der Waals surface area contributed by atoms with E-state index in [-0.39, 0.29) is 17.0 Å². The highest BCUT2D eigenvalue weighted by Crippen LogP contribution is 2.23. The van der Waals surface area contributed by atoms with E-state index in [0.717, 1.165) is 6.42 Å². The van der Waals surface area contributed by atoms with Gasteiger partial charge in [-0.25, -0.2) is 0 Å². The van der Waals surface area contributed by atoms with Crippen LogP contribution < -0.4 is 0 Å². The van der Waals surface area contributed by atoms with Crippen LogP contribution in [-0.4, -0.2) is 34.4 Å². The Balaban J connectivity index is 2.10. The van der Waals surface area contributed by atoms with E-state index in [1.165, 1.54) is 6.07 Å². The minimum absolute atomic E-state index is 0.0312. The Hall–Kier alpha value is -1.22. The van der Waals surface area contributed by atoms with E-state index in [1.54, 1.807) is 23.1 Å². The molecule has 0 radical (unpaired) electrons. The number of aromatic hydroxyl groups is 1. The lowest BCUT2D eigenvalue weighted by Gasteiger charge is -2.34. The number of nitrogens with zero attached hydrogens (tertiary/aromatic N) is 1. The molecule has 17 heavy (non-hydrogen) atoms. The number of benzene rings is 1. The maximum atomic E-state index is 12.2. The fourth-order valence-corrected chi connectivity index (χ4v) is 2.30. The van der Waals surface area contributed by atoms with Gasteiger partial charge in [0.1, 0.15) is 5.75 Å². The van der Waals surface area contributed by atoms with Crippen LogP contribution in [0, 0.1) is 5.92 Å². The van der Waals surface area contributed by atoms with Crippen molar-refractivity contribution >= 4 is 17.5 Å². The SMILES string of the molecule is CC1CN(C(=O)c2cccc(O)c2)CCC1Cl. The lowest BCUT2D eigenvalue weighted by atomic mass is 9.99. The number of alkyl halides is 1. The van der Waals surface area contributed by atoms with Gasteiger partial charge in [-0.1, -0.05) is 13.0 Å². The minimum atomic E-state index is -0.0312. The number of carbonyl (C=O) groups excluding carboxylic acids is 1. The maximum absolute atomic E-state index is 12.2. The number of hydrogen-bond acceptors (Lipinski definition) is 2. The summed E-state index contributed by atoms with van der Waals surface area (Å²) in [5, 5.41) is 9.52. The molecule has 1 aromatic carbocycles. The highest BCUT2D eigenvalue weighted by molar-refractivity contribution is 6.20. The third kappa shape index (κ3) is 2.72. The average molecular weight is 254 g/mol. The van der Waals surface area contributed by atoms with Gasteiger partial charge in [-0.3, -0.25) is 4.79 Å². The number of hydrogen-bond donors (Lipinski definition) is 1. The van der Waals surface area contributed by atoms with Gasteiger partial charge in [0.05, 0.1) is 0 Å². The molecule has 1 saturated heterocycles. The highest BCUT2D eigenvalue weighted by Gasteiger charge is 2.27. The number of phenols is 1. The predicted molar refractivity (Wildman–Crippen MR) is 67.4 cm³/mol. The molecule has 3 nitrogen and oxygen atoms in total. The topological polar surface area (TPSA) is 40.5 Å². The monoisotopic (exact) mass is 253 g/mol. The molecule has 0 bridgehead atoms. The largest absolute Gasteiger partial charge is 0.508 e. The standard InChI is InChI=1S/C13H16ClNO2/c1-9-8-15(6-5-12(9)14)13(17)10-3-2-4-11(16)7-10/h2-4,7,9,12,16H,5-6,8H2,1H3. The van der Waals surface area contributed by atoms with Crippen LogP contribution in [0.2, 0.25) is 0 Å². The van der Waals surface area contributed by atoms with E-state index in [1.807, 2.05) is 0 Å². The molecule has 4 heteroatoms. The Kier molecular flexibility index (Phi) is 3.57. The molecule has 0 saturated carbocycles. The van der Waals surface area contributed by atoms with Crippen LogP contribution in [0.15, 0.2) is 24.3 Å². The third-order valence-electron chi connectivity index (χ3n) is 3.18. The molecule has 1 aliphatic heterocycles. The number of piperidine rings is 1. The van der Waals surface area contributed by atoms with Crippen LogP contribution in [0.5, 0.6) is 5.75 Å². The van der Waals surface area contributed by atoms with Gasteiger partial charge in [-0.05, 0) is 30.5 Å². The van der Waals surface area contributed by atoms with Gasteiger partial charge in [-0.15, -0.1) is 11.6 Å². The van der Waals surface area contributed by atoms with Gasteiger partial charge < -0.3 is 10.0 Å². The summed E-state index contributed by atoms with van der Waals surface area (Å²) in [5.74, 6) is 0.402. The Labute approximate surface area is 106 Å². The van der Waals surface area contributed by atoms with E-state index in [0.29, 0.717) is 24.6 Å². The van der Waals surface area contributed by atoms with Crippen molar-refractivity contribution in [3.63, 3.8) is 0 Å². The van der Waals surface area contributed by atoms with Gasteiger partial charge in [0, 0.05) is 24.0 Å². The van der Waals surface area contributed by atoms with Crippen LogP contribution in [0.4, 0.5) is 0 Å². The molecule has 2 atom stereocenters. The summed E-state index contributed by atoms with van der Waals surface area (Å²) in [6.45, 7) is 3.43. The molecule has 1 fully saturated rings. The normalized spacial score (nSPS) is 24.7. The second kappa shape index (κ2) is 4.96. The highest BCUT2D eigenvalue weighted by atomic mass is 35.5.